The molecule has 0 radical (unpaired) electrons. The van der Waals surface area contributed by atoms with Crippen LogP contribution in [-0.4, -0.2) is 7.11 Å². The van der Waals surface area contributed by atoms with Gasteiger partial charge >= 0.3 is 0 Å². The van der Waals surface area contributed by atoms with Crippen LogP contribution in [0.15, 0.2) is 36.4 Å². The van der Waals surface area contributed by atoms with E-state index in [-0.39, 0.29) is 6.04 Å². The Balaban J connectivity index is 2.25. The van der Waals surface area contributed by atoms with Crippen LogP contribution in [0.5, 0.6) is 5.75 Å². The molecule has 2 rings (SSSR count). The highest BCUT2D eigenvalue weighted by Crippen LogP contribution is 2.32. The molecule has 0 aromatic heterocycles. The zero-order valence-electron chi connectivity index (χ0n) is 11.7. The molecule has 0 bridgehead atoms. The number of rotatable bonds is 4. The normalized spacial score (nSPS) is 12.1. The standard InChI is InChI=1S/C16H17Cl2NO/c1-10-4-6-13(16(8-10)20-3)11(2)19-15-7-5-12(17)9-14(15)18/h4-9,11,19H,1-3H3. The summed E-state index contributed by atoms with van der Waals surface area (Å²) in [5.74, 6) is 0.870. The zero-order valence-corrected chi connectivity index (χ0v) is 13.2. The van der Waals surface area contributed by atoms with Crippen molar-refractivity contribution in [3.05, 3.63) is 57.6 Å². The van der Waals surface area contributed by atoms with Gasteiger partial charge in [0, 0.05) is 10.6 Å². The van der Waals surface area contributed by atoms with E-state index in [2.05, 4.69) is 24.4 Å². The molecule has 0 spiro atoms. The highest BCUT2D eigenvalue weighted by Gasteiger charge is 2.13. The minimum absolute atomic E-state index is 0.0734. The van der Waals surface area contributed by atoms with Gasteiger partial charge < -0.3 is 10.1 Å². The SMILES string of the molecule is COc1cc(C)ccc1C(C)Nc1ccc(Cl)cc1Cl. The Kier molecular flexibility index (Phi) is 4.79. The number of ether oxygens (including phenoxy) is 1. The van der Waals surface area contributed by atoms with E-state index in [9.17, 15) is 0 Å². The van der Waals surface area contributed by atoms with E-state index in [0.29, 0.717) is 10.0 Å². The Morgan fingerprint density at radius 2 is 1.85 bits per heavy atom. The molecule has 2 aromatic rings. The fourth-order valence-electron chi connectivity index (χ4n) is 2.09. The van der Waals surface area contributed by atoms with Crippen LogP contribution < -0.4 is 10.1 Å². The van der Waals surface area contributed by atoms with Gasteiger partial charge in [-0.2, -0.15) is 0 Å². The van der Waals surface area contributed by atoms with E-state index >= 15 is 0 Å². The van der Waals surface area contributed by atoms with Gasteiger partial charge in [-0.15, -0.1) is 0 Å². The first-order chi connectivity index (χ1) is 9.51. The van der Waals surface area contributed by atoms with E-state index in [1.807, 2.05) is 25.1 Å². The maximum atomic E-state index is 6.18. The molecule has 20 heavy (non-hydrogen) atoms. The Hall–Kier alpha value is -1.38. The lowest BCUT2D eigenvalue weighted by molar-refractivity contribution is 0.407. The summed E-state index contributed by atoms with van der Waals surface area (Å²) in [5, 5.41) is 4.61. The van der Waals surface area contributed by atoms with Crippen molar-refractivity contribution >= 4 is 28.9 Å². The maximum absolute atomic E-state index is 6.18. The molecule has 0 aliphatic heterocycles. The number of hydrogen-bond donors (Lipinski definition) is 1. The minimum atomic E-state index is 0.0734. The van der Waals surface area contributed by atoms with Crippen molar-refractivity contribution in [2.24, 2.45) is 0 Å². The second kappa shape index (κ2) is 6.38. The van der Waals surface area contributed by atoms with Gasteiger partial charge in [0.05, 0.1) is 23.9 Å². The van der Waals surface area contributed by atoms with Crippen molar-refractivity contribution in [2.75, 3.05) is 12.4 Å². The van der Waals surface area contributed by atoms with Gasteiger partial charge in [-0.1, -0.05) is 35.3 Å². The highest BCUT2D eigenvalue weighted by atomic mass is 35.5. The molecule has 2 aromatic carbocycles. The van der Waals surface area contributed by atoms with Gasteiger partial charge in [-0.05, 0) is 43.7 Å². The average Bonchev–Trinajstić information content (AvgIpc) is 2.41. The monoisotopic (exact) mass is 309 g/mol. The Morgan fingerprint density at radius 1 is 1.10 bits per heavy atom. The molecule has 2 nitrogen and oxygen atoms in total. The first kappa shape index (κ1) is 15.0. The Morgan fingerprint density at radius 3 is 2.50 bits per heavy atom. The van der Waals surface area contributed by atoms with Gasteiger partial charge in [0.1, 0.15) is 5.75 Å². The van der Waals surface area contributed by atoms with Crippen LogP contribution in [0.2, 0.25) is 10.0 Å². The predicted octanol–water partition coefficient (Wildman–Crippen LogP) is 5.48. The fraction of sp³-hybridized carbons (Fsp3) is 0.250. The molecule has 106 valence electrons. The van der Waals surface area contributed by atoms with E-state index in [1.165, 1.54) is 5.56 Å². The van der Waals surface area contributed by atoms with Gasteiger partial charge in [-0.25, -0.2) is 0 Å². The lowest BCUT2D eigenvalue weighted by Crippen LogP contribution is -2.08. The summed E-state index contributed by atoms with van der Waals surface area (Å²) < 4.78 is 5.44. The lowest BCUT2D eigenvalue weighted by atomic mass is 10.0. The van der Waals surface area contributed by atoms with Crippen LogP contribution in [0.4, 0.5) is 5.69 Å². The largest absolute Gasteiger partial charge is 0.496 e. The van der Waals surface area contributed by atoms with Crippen molar-refractivity contribution in [1.82, 2.24) is 0 Å². The summed E-state index contributed by atoms with van der Waals surface area (Å²) in [5.41, 5.74) is 3.11. The Bertz CT molecular complexity index is 613. The molecule has 0 aliphatic carbocycles. The van der Waals surface area contributed by atoms with Crippen molar-refractivity contribution < 1.29 is 4.74 Å². The molecule has 0 amide bonds. The summed E-state index contributed by atoms with van der Waals surface area (Å²) >= 11 is 12.1. The van der Waals surface area contributed by atoms with Gasteiger partial charge in [0.25, 0.3) is 0 Å². The van der Waals surface area contributed by atoms with Gasteiger partial charge in [0.15, 0.2) is 0 Å². The lowest BCUT2D eigenvalue weighted by Gasteiger charge is -2.19. The van der Waals surface area contributed by atoms with Crippen molar-refractivity contribution in [1.29, 1.82) is 0 Å². The number of nitrogens with one attached hydrogen (secondary N) is 1. The second-order valence-corrected chi connectivity index (χ2v) is 5.58. The van der Waals surface area contributed by atoms with Crippen molar-refractivity contribution in [2.45, 2.75) is 19.9 Å². The number of methoxy groups -OCH3 is 1. The average molecular weight is 310 g/mol. The van der Waals surface area contributed by atoms with Crippen LogP contribution in [-0.2, 0) is 0 Å². The molecule has 1 N–H and O–H groups in total. The van der Waals surface area contributed by atoms with Crippen molar-refractivity contribution in [3.8, 4) is 5.75 Å². The quantitative estimate of drug-likeness (QED) is 0.807. The summed E-state index contributed by atoms with van der Waals surface area (Å²) in [6.45, 7) is 4.11. The third-order valence-electron chi connectivity index (χ3n) is 3.16. The first-order valence-electron chi connectivity index (χ1n) is 6.37. The molecule has 0 heterocycles. The molecular formula is C16H17Cl2NO. The third kappa shape index (κ3) is 3.38. The number of benzene rings is 2. The summed E-state index contributed by atoms with van der Waals surface area (Å²) in [6, 6.07) is 11.7. The van der Waals surface area contributed by atoms with Crippen LogP contribution in [0.1, 0.15) is 24.1 Å². The zero-order chi connectivity index (χ0) is 14.7. The van der Waals surface area contributed by atoms with Crippen LogP contribution in [0, 0.1) is 6.92 Å². The highest BCUT2D eigenvalue weighted by molar-refractivity contribution is 6.36. The molecule has 0 aliphatic rings. The third-order valence-corrected chi connectivity index (χ3v) is 3.71. The number of anilines is 1. The van der Waals surface area contributed by atoms with E-state index < -0.39 is 0 Å². The van der Waals surface area contributed by atoms with E-state index in [1.54, 1.807) is 13.2 Å². The summed E-state index contributed by atoms with van der Waals surface area (Å²) in [6.07, 6.45) is 0. The summed E-state index contributed by atoms with van der Waals surface area (Å²) in [4.78, 5) is 0. The Labute approximate surface area is 129 Å². The van der Waals surface area contributed by atoms with E-state index in [0.717, 1.165) is 17.0 Å². The van der Waals surface area contributed by atoms with Crippen LogP contribution in [0.25, 0.3) is 0 Å². The second-order valence-electron chi connectivity index (χ2n) is 4.74. The number of halogens is 2. The smallest absolute Gasteiger partial charge is 0.124 e. The minimum Gasteiger partial charge on any atom is -0.496 e. The molecule has 0 saturated heterocycles. The number of aryl methyl sites for hydroxylation is 1. The molecular weight excluding hydrogens is 293 g/mol. The van der Waals surface area contributed by atoms with Crippen LogP contribution in [0.3, 0.4) is 0 Å². The van der Waals surface area contributed by atoms with Crippen molar-refractivity contribution in [3.63, 3.8) is 0 Å². The number of hydrogen-bond acceptors (Lipinski definition) is 2. The molecule has 1 atom stereocenters. The molecule has 0 fully saturated rings. The summed E-state index contributed by atoms with van der Waals surface area (Å²) in [7, 11) is 1.68. The fourth-order valence-corrected chi connectivity index (χ4v) is 2.56. The van der Waals surface area contributed by atoms with E-state index in [4.69, 9.17) is 27.9 Å². The topological polar surface area (TPSA) is 21.3 Å². The van der Waals surface area contributed by atoms with Gasteiger partial charge in [0.2, 0.25) is 0 Å². The maximum Gasteiger partial charge on any atom is 0.124 e. The first-order valence-corrected chi connectivity index (χ1v) is 7.13. The predicted molar refractivity (Wildman–Crippen MR) is 86.2 cm³/mol. The molecule has 0 saturated carbocycles. The molecule has 1 unspecified atom stereocenters. The van der Waals surface area contributed by atoms with Gasteiger partial charge in [-0.3, -0.25) is 0 Å². The molecule has 4 heteroatoms. The van der Waals surface area contributed by atoms with Crippen LogP contribution >= 0.6 is 23.2 Å².